The maximum atomic E-state index is 13.5. The van der Waals surface area contributed by atoms with E-state index in [1.165, 1.54) is 12.1 Å². The van der Waals surface area contributed by atoms with Crippen molar-refractivity contribution in [2.45, 2.75) is 19.6 Å². The van der Waals surface area contributed by atoms with Crippen LogP contribution in [0, 0.1) is 11.6 Å². The largest absolute Gasteiger partial charge is 0.489 e. The van der Waals surface area contributed by atoms with E-state index in [-0.39, 0.29) is 12.2 Å². The summed E-state index contributed by atoms with van der Waals surface area (Å²) in [5, 5.41) is 0. The van der Waals surface area contributed by atoms with Crippen molar-refractivity contribution in [2.24, 2.45) is 5.73 Å². The number of hydrogen-bond acceptors (Lipinski definition) is 3. The molecule has 0 heterocycles. The first-order chi connectivity index (χ1) is 10.5. The maximum Gasteiger partial charge on any atom is 0.258 e. The van der Waals surface area contributed by atoms with Gasteiger partial charge in [0.2, 0.25) is 0 Å². The molecule has 2 aromatic carbocycles. The van der Waals surface area contributed by atoms with Crippen LogP contribution in [0.1, 0.15) is 12.5 Å². The summed E-state index contributed by atoms with van der Waals surface area (Å²) in [6, 6.07) is 10.3. The monoisotopic (exact) mass is 307 g/mol. The summed E-state index contributed by atoms with van der Waals surface area (Å²) in [5.41, 5.74) is 5.22. The van der Waals surface area contributed by atoms with Crippen LogP contribution in [0.15, 0.2) is 42.5 Å². The number of carbonyl (C=O) groups excluding carboxylic acids is 1. The molecule has 4 nitrogen and oxygen atoms in total. The lowest BCUT2D eigenvalue weighted by Gasteiger charge is -2.12. The standard InChI is InChI=1S/C16H15F2NO3/c1-10(16(19)20)22-13-7-5-12(6-8-13)21-9-11-3-2-4-14(17)15(11)18/h2-8,10H,9H2,1H3,(H2,19,20)/t10-/m1/s1. The maximum absolute atomic E-state index is 13.5. The Balaban J connectivity index is 1.97. The zero-order valence-electron chi connectivity index (χ0n) is 11.9. The molecule has 0 saturated carbocycles. The second-order valence-electron chi connectivity index (χ2n) is 4.64. The molecule has 116 valence electrons. The highest BCUT2D eigenvalue weighted by Gasteiger charge is 2.10. The Morgan fingerprint density at radius 1 is 1.14 bits per heavy atom. The number of primary amides is 1. The number of amides is 1. The van der Waals surface area contributed by atoms with Crippen LogP contribution in [0.3, 0.4) is 0 Å². The molecular formula is C16H15F2NO3. The van der Waals surface area contributed by atoms with Crippen molar-refractivity contribution >= 4 is 5.91 Å². The Kier molecular flexibility index (Phi) is 4.93. The molecule has 0 aliphatic rings. The lowest BCUT2D eigenvalue weighted by molar-refractivity contribution is -0.123. The molecule has 22 heavy (non-hydrogen) atoms. The van der Waals surface area contributed by atoms with Crippen molar-refractivity contribution in [3.8, 4) is 11.5 Å². The molecule has 6 heteroatoms. The first-order valence-electron chi connectivity index (χ1n) is 6.59. The Morgan fingerprint density at radius 3 is 2.41 bits per heavy atom. The second kappa shape index (κ2) is 6.89. The van der Waals surface area contributed by atoms with Crippen LogP contribution in [0.5, 0.6) is 11.5 Å². The van der Waals surface area contributed by atoms with Gasteiger partial charge in [0.05, 0.1) is 0 Å². The number of rotatable bonds is 6. The van der Waals surface area contributed by atoms with Gasteiger partial charge in [-0.05, 0) is 37.3 Å². The van der Waals surface area contributed by atoms with E-state index >= 15 is 0 Å². The summed E-state index contributed by atoms with van der Waals surface area (Å²) in [6.07, 6.45) is -0.742. The van der Waals surface area contributed by atoms with Crippen LogP contribution in [0.25, 0.3) is 0 Å². The summed E-state index contributed by atoms with van der Waals surface area (Å²) in [5.74, 6) is -1.48. The van der Waals surface area contributed by atoms with Crippen molar-refractivity contribution in [2.75, 3.05) is 0 Å². The van der Waals surface area contributed by atoms with Crippen LogP contribution in [0.4, 0.5) is 8.78 Å². The third-order valence-corrected chi connectivity index (χ3v) is 2.96. The lowest BCUT2D eigenvalue weighted by atomic mass is 10.2. The first-order valence-corrected chi connectivity index (χ1v) is 6.59. The Hall–Kier alpha value is -2.63. The third-order valence-electron chi connectivity index (χ3n) is 2.96. The van der Waals surface area contributed by atoms with Crippen molar-refractivity contribution in [1.29, 1.82) is 0 Å². The predicted octanol–water partition coefficient (Wildman–Crippen LogP) is 2.80. The van der Waals surface area contributed by atoms with E-state index in [0.29, 0.717) is 11.5 Å². The van der Waals surface area contributed by atoms with Gasteiger partial charge in [0.25, 0.3) is 5.91 Å². The molecule has 1 atom stereocenters. The Bertz CT molecular complexity index is 659. The summed E-state index contributed by atoms with van der Waals surface area (Å²) in [7, 11) is 0. The smallest absolute Gasteiger partial charge is 0.258 e. The fourth-order valence-electron chi connectivity index (χ4n) is 1.70. The molecule has 0 fully saturated rings. The van der Waals surface area contributed by atoms with E-state index in [4.69, 9.17) is 15.2 Å². The summed E-state index contributed by atoms with van der Waals surface area (Å²) in [4.78, 5) is 10.9. The van der Waals surface area contributed by atoms with Crippen molar-refractivity contribution in [1.82, 2.24) is 0 Å². The normalized spacial score (nSPS) is 11.8. The summed E-state index contributed by atoms with van der Waals surface area (Å²) < 4.78 is 37.2. The van der Waals surface area contributed by atoms with Crippen molar-refractivity contribution in [3.63, 3.8) is 0 Å². The molecule has 1 amide bonds. The average Bonchev–Trinajstić information content (AvgIpc) is 2.50. The molecule has 0 aliphatic heterocycles. The van der Waals surface area contributed by atoms with Gasteiger partial charge in [-0.3, -0.25) is 4.79 Å². The van der Waals surface area contributed by atoms with E-state index in [9.17, 15) is 13.6 Å². The zero-order valence-corrected chi connectivity index (χ0v) is 11.9. The Morgan fingerprint density at radius 2 is 1.77 bits per heavy atom. The van der Waals surface area contributed by atoms with Crippen LogP contribution in [-0.4, -0.2) is 12.0 Å². The van der Waals surface area contributed by atoms with Crippen LogP contribution >= 0.6 is 0 Å². The molecule has 2 rings (SSSR count). The van der Waals surface area contributed by atoms with E-state index < -0.39 is 23.6 Å². The van der Waals surface area contributed by atoms with Gasteiger partial charge in [-0.15, -0.1) is 0 Å². The van der Waals surface area contributed by atoms with Crippen molar-refractivity contribution < 1.29 is 23.0 Å². The lowest BCUT2D eigenvalue weighted by Crippen LogP contribution is -2.30. The minimum absolute atomic E-state index is 0.0957. The topological polar surface area (TPSA) is 61.6 Å². The molecule has 0 radical (unpaired) electrons. The molecule has 0 bridgehead atoms. The average molecular weight is 307 g/mol. The van der Waals surface area contributed by atoms with E-state index in [2.05, 4.69) is 0 Å². The summed E-state index contributed by atoms with van der Waals surface area (Å²) >= 11 is 0. The van der Waals surface area contributed by atoms with Gasteiger partial charge in [0, 0.05) is 5.56 Å². The van der Waals surface area contributed by atoms with Gasteiger partial charge in [-0.2, -0.15) is 0 Å². The molecular weight excluding hydrogens is 292 g/mol. The van der Waals surface area contributed by atoms with Crippen LogP contribution < -0.4 is 15.2 Å². The highest BCUT2D eigenvalue weighted by Crippen LogP contribution is 2.20. The predicted molar refractivity (Wildman–Crippen MR) is 76.4 cm³/mol. The van der Waals surface area contributed by atoms with E-state index in [0.717, 1.165) is 6.07 Å². The molecule has 0 saturated heterocycles. The van der Waals surface area contributed by atoms with Crippen LogP contribution in [-0.2, 0) is 11.4 Å². The SMILES string of the molecule is C[C@@H](Oc1ccc(OCc2cccc(F)c2F)cc1)C(N)=O. The fraction of sp³-hybridized carbons (Fsp3) is 0.188. The second-order valence-corrected chi connectivity index (χ2v) is 4.64. The van der Waals surface area contributed by atoms with Crippen molar-refractivity contribution in [3.05, 3.63) is 59.7 Å². The van der Waals surface area contributed by atoms with E-state index in [1.54, 1.807) is 31.2 Å². The fourth-order valence-corrected chi connectivity index (χ4v) is 1.70. The number of hydrogen-bond donors (Lipinski definition) is 1. The van der Waals surface area contributed by atoms with Gasteiger partial charge in [-0.1, -0.05) is 12.1 Å². The number of halogens is 2. The van der Waals surface area contributed by atoms with Gasteiger partial charge in [0.15, 0.2) is 17.7 Å². The first kappa shape index (κ1) is 15.8. The van der Waals surface area contributed by atoms with Gasteiger partial charge >= 0.3 is 0 Å². The zero-order chi connectivity index (χ0) is 16.1. The van der Waals surface area contributed by atoms with Crippen LogP contribution in [0.2, 0.25) is 0 Å². The van der Waals surface area contributed by atoms with E-state index in [1.807, 2.05) is 0 Å². The number of benzene rings is 2. The molecule has 0 unspecified atom stereocenters. The number of nitrogens with two attached hydrogens (primary N) is 1. The van der Waals surface area contributed by atoms with Gasteiger partial charge in [0.1, 0.15) is 18.1 Å². The summed E-state index contributed by atoms with van der Waals surface area (Å²) in [6.45, 7) is 1.45. The molecule has 0 spiro atoms. The minimum Gasteiger partial charge on any atom is -0.489 e. The third kappa shape index (κ3) is 3.94. The van der Waals surface area contributed by atoms with Gasteiger partial charge < -0.3 is 15.2 Å². The quantitative estimate of drug-likeness (QED) is 0.892. The minimum atomic E-state index is -0.919. The highest BCUT2D eigenvalue weighted by atomic mass is 19.2. The molecule has 2 aromatic rings. The molecule has 0 aromatic heterocycles. The number of ether oxygens (including phenoxy) is 2. The number of carbonyl (C=O) groups is 1. The highest BCUT2D eigenvalue weighted by molar-refractivity contribution is 5.78. The Labute approximate surface area is 126 Å². The van der Waals surface area contributed by atoms with Gasteiger partial charge in [-0.25, -0.2) is 8.78 Å². The molecule has 2 N–H and O–H groups in total. The molecule has 0 aliphatic carbocycles.